The van der Waals surface area contributed by atoms with Gasteiger partial charge in [0.05, 0.1) is 0 Å². The van der Waals surface area contributed by atoms with Crippen LogP contribution in [-0.2, 0) is 24.3 Å². The van der Waals surface area contributed by atoms with Gasteiger partial charge in [0, 0.05) is 38.7 Å². The number of rotatable bonds is 9. The Labute approximate surface area is 204 Å². The Kier molecular flexibility index (Phi) is 7.19. The van der Waals surface area contributed by atoms with Crippen LogP contribution in [0.5, 0.6) is 0 Å². The molecule has 0 radical (unpaired) electrons. The van der Waals surface area contributed by atoms with Crippen molar-refractivity contribution in [3.63, 3.8) is 0 Å². The van der Waals surface area contributed by atoms with Crippen molar-refractivity contribution in [3.8, 4) is 0 Å². The van der Waals surface area contributed by atoms with Gasteiger partial charge in [-0.2, -0.15) is 0 Å². The van der Waals surface area contributed by atoms with E-state index in [0.29, 0.717) is 36.5 Å². The Bertz CT molecular complexity index is 1480. The van der Waals surface area contributed by atoms with Crippen LogP contribution in [0.4, 0.5) is 5.69 Å². The second-order valence-corrected chi connectivity index (χ2v) is 9.45. The maximum atomic E-state index is 13.1. The van der Waals surface area contributed by atoms with Crippen molar-refractivity contribution in [1.82, 2.24) is 19.1 Å². The molecule has 2 aromatic carbocycles. The molecule has 2 aromatic heterocycles. The third-order valence-corrected chi connectivity index (χ3v) is 6.30. The molecule has 4 rings (SSSR count). The van der Waals surface area contributed by atoms with Crippen LogP contribution in [0.25, 0.3) is 21.9 Å². The van der Waals surface area contributed by atoms with Gasteiger partial charge in [0.25, 0.3) is 5.56 Å². The van der Waals surface area contributed by atoms with Gasteiger partial charge in [-0.05, 0) is 35.2 Å². The zero-order chi connectivity index (χ0) is 25.1. The summed E-state index contributed by atoms with van der Waals surface area (Å²) < 4.78 is 3.42. The number of aryl methyl sites for hydroxylation is 2. The molecule has 8 nitrogen and oxygen atoms in total. The number of imidazole rings is 1. The van der Waals surface area contributed by atoms with Gasteiger partial charge in [0.1, 0.15) is 5.82 Å². The van der Waals surface area contributed by atoms with Gasteiger partial charge >= 0.3 is 5.69 Å². The quantitative estimate of drug-likeness (QED) is 0.395. The molecular formula is C27H33N5O3. The number of carbonyl (C=O) groups excluding carboxylic acids is 1. The van der Waals surface area contributed by atoms with Crippen LogP contribution in [0.3, 0.4) is 0 Å². The highest BCUT2D eigenvalue weighted by atomic mass is 16.2. The SMILES string of the molecule is CCCCn1c(=O)[nH]c(=O)c2c1nc(CCC(=O)N(C)c1ccc3ccccc3c1)n2CC(C)C. The van der Waals surface area contributed by atoms with E-state index < -0.39 is 11.2 Å². The first-order valence-corrected chi connectivity index (χ1v) is 12.3. The molecule has 0 spiro atoms. The van der Waals surface area contributed by atoms with Crippen molar-refractivity contribution >= 4 is 33.5 Å². The maximum Gasteiger partial charge on any atom is 0.330 e. The highest BCUT2D eigenvalue weighted by Gasteiger charge is 2.20. The van der Waals surface area contributed by atoms with Crippen molar-refractivity contribution in [3.05, 3.63) is 69.1 Å². The van der Waals surface area contributed by atoms with E-state index in [2.05, 4.69) is 18.8 Å². The molecular weight excluding hydrogens is 442 g/mol. The van der Waals surface area contributed by atoms with Gasteiger partial charge in [0.2, 0.25) is 5.91 Å². The number of nitrogens with zero attached hydrogens (tertiary/aromatic N) is 4. The number of hydrogen-bond donors (Lipinski definition) is 1. The molecule has 35 heavy (non-hydrogen) atoms. The molecule has 8 heteroatoms. The van der Waals surface area contributed by atoms with Crippen molar-refractivity contribution in [2.45, 2.75) is 59.5 Å². The van der Waals surface area contributed by atoms with Gasteiger partial charge in [0.15, 0.2) is 11.2 Å². The smallest absolute Gasteiger partial charge is 0.322 e. The van der Waals surface area contributed by atoms with E-state index in [-0.39, 0.29) is 18.2 Å². The molecule has 1 N–H and O–H groups in total. The highest BCUT2D eigenvalue weighted by molar-refractivity contribution is 5.96. The number of hydrogen-bond acceptors (Lipinski definition) is 4. The van der Waals surface area contributed by atoms with E-state index >= 15 is 0 Å². The number of H-pyrrole nitrogens is 1. The van der Waals surface area contributed by atoms with Crippen LogP contribution in [0.15, 0.2) is 52.1 Å². The summed E-state index contributed by atoms with van der Waals surface area (Å²) in [7, 11) is 1.77. The molecule has 0 aliphatic rings. The third kappa shape index (κ3) is 5.06. The van der Waals surface area contributed by atoms with Crippen molar-refractivity contribution < 1.29 is 4.79 Å². The molecule has 1 amide bonds. The van der Waals surface area contributed by atoms with Crippen LogP contribution in [-0.4, -0.2) is 32.1 Å². The van der Waals surface area contributed by atoms with Crippen LogP contribution >= 0.6 is 0 Å². The number of nitrogens with one attached hydrogen (secondary N) is 1. The Morgan fingerprint density at radius 3 is 2.54 bits per heavy atom. The van der Waals surface area contributed by atoms with Gasteiger partial charge in [-0.3, -0.25) is 19.1 Å². The minimum absolute atomic E-state index is 0.0410. The summed E-state index contributed by atoms with van der Waals surface area (Å²) in [4.78, 5) is 47.2. The Hall–Kier alpha value is -3.68. The molecule has 0 atom stereocenters. The Morgan fingerprint density at radius 2 is 1.83 bits per heavy atom. The van der Waals surface area contributed by atoms with Crippen LogP contribution in [0.2, 0.25) is 0 Å². The average molecular weight is 476 g/mol. The molecule has 0 saturated carbocycles. The second-order valence-electron chi connectivity index (χ2n) is 9.45. The van der Waals surface area contributed by atoms with Gasteiger partial charge in [-0.1, -0.05) is 57.5 Å². The van der Waals surface area contributed by atoms with E-state index in [4.69, 9.17) is 4.98 Å². The first kappa shape index (κ1) is 24.4. The lowest BCUT2D eigenvalue weighted by Crippen LogP contribution is -2.31. The van der Waals surface area contributed by atoms with Gasteiger partial charge in [-0.25, -0.2) is 9.78 Å². The van der Waals surface area contributed by atoms with E-state index in [1.807, 2.05) is 54.0 Å². The largest absolute Gasteiger partial charge is 0.330 e. The topological polar surface area (TPSA) is 93.0 Å². The Balaban J connectivity index is 1.64. The summed E-state index contributed by atoms with van der Waals surface area (Å²) >= 11 is 0. The number of benzene rings is 2. The Morgan fingerprint density at radius 1 is 1.09 bits per heavy atom. The second kappa shape index (κ2) is 10.3. The number of anilines is 1. The number of aromatic amines is 1. The standard InChI is InChI=1S/C27H33N5O3/c1-5-6-15-31-25-24(26(34)29-27(31)35)32(17-18(2)3)22(28-25)13-14-23(33)30(4)21-12-11-19-9-7-8-10-20(19)16-21/h7-12,16,18H,5-6,13-15,17H2,1-4H3,(H,29,34,35). The summed E-state index contributed by atoms with van der Waals surface area (Å²) in [6, 6.07) is 14.0. The average Bonchev–Trinajstić information content (AvgIpc) is 3.19. The summed E-state index contributed by atoms with van der Waals surface area (Å²) in [5.41, 5.74) is 0.757. The monoisotopic (exact) mass is 475 g/mol. The predicted octanol–water partition coefficient (Wildman–Crippen LogP) is 4.09. The lowest BCUT2D eigenvalue weighted by molar-refractivity contribution is -0.118. The number of amides is 1. The highest BCUT2D eigenvalue weighted by Crippen LogP contribution is 2.22. The zero-order valence-electron chi connectivity index (χ0n) is 20.9. The van der Waals surface area contributed by atoms with E-state index in [9.17, 15) is 14.4 Å². The molecule has 4 aromatic rings. The molecule has 0 aliphatic heterocycles. The molecule has 0 saturated heterocycles. The van der Waals surface area contributed by atoms with Crippen LogP contribution in [0, 0.1) is 5.92 Å². The minimum Gasteiger partial charge on any atom is -0.322 e. The number of carbonyl (C=O) groups is 1. The van der Waals surface area contributed by atoms with Gasteiger partial charge in [-0.15, -0.1) is 0 Å². The molecule has 2 heterocycles. The van der Waals surface area contributed by atoms with Crippen LogP contribution in [0.1, 0.15) is 45.9 Å². The maximum absolute atomic E-state index is 13.1. The first-order chi connectivity index (χ1) is 16.8. The molecule has 184 valence electrons. The summed E-state index contributed by atoms with van der Waals surface area (Å²) in [5, 5.41) is 2.20. The normalized spacial score (nSPS) is 11.6. The third-order valence-electron chi connectivity index (χ3n) is 6.30. The number of fused-ring (bicyclic) bond motifs is 2. The minimum atomic E-state index is -0.441. The van der Waals surface area contributed by atoms with E-state index in [0.717, 1.165) is 29.3 Å². The zero-order valence-corrected chi connectivity index (χ0v) is 20.9. The van der Waals surface area contributed by atoms with Crippen molar-refractivity contribution in [1.29, 1.82) is 0 Å². The van der Waals surface area contributed by atoms with Crippen molar-refractivity contribution in [2.24, 2.45) is 5.92 Å². The predicted molar refractivity (Wildman–Crippen MR) is 140 cm³/mol. The van der Waals surface area contributed by atoms with Crippen molar-refractivity contribution in [2.75, 3.05) is 11.9 Å². The first-order valence-electron chi connectivity index (χ1n) is 12.3. The summed E-state index contributed by atoms with van der Waals surface area (Å²) in [6.45, 7) is 7.25. The molecule has 0 fully saturated rings. The molecule has 0 unspecified atom stereocenters. The summed E-state index contributed by atoms with van der Waals surface area (Å²) in [5.74, 6) is 0.869. The fourth-order valence-electron chi connectivity index (χ4n) is 4.41. The lowest BCUT2D eigenvalue weighted by atomic mass is 10.1. The molecule has 0 aliphatic carbocycles. The van der Waals surface area contributed by atoms with Crippen LogP contribution < -0.4 is 16.1 Å². The number of aromatic nitrogens is 4. The molecule has 0 bridgehead atoms. The summed E-state index contributed by atoms with van der Waals surface area (Å²) in [6.07, 6.45) is 2.34. The fraction of sp³-hybridized carbons (Fsp3) is 0.407. The number of unbranched alkanes of at least 4 members (excludes halogenated alkanes) is 1. The lowest BCUT2D eigenvalue weighted by Gasteiger charge is -2.18. The fourth-order valence-corrected chi connectivity index (χ4v) is 4.41. The van der Waals surface area contributed by atoms with E-state index in [1.54, 1.807) is 16.5 Å². The van der Waals surface area contributed by atoms with Gasteiger partial charge < -0.3 is 9.47 Å². The van der Waals surface area contributed by atoms with E-state index in [1.165, 1.54) is 0 Å².